The van der Waals surface area contributed by atoms with Crippen molar-refractivity contribution in [1.82, 2.24) is 9.55 Å². The summed E-state index contributed by atoms with van der Waals surface area (Å²) in [5.74, 6) is 0. The zero-order valence-electron chi connectivity index (χ0n) is 11.3. The molecule has 0 amide bonds. The molecule has 0 bridgehead atoms. The van der Waals surface area contributed by atoms with Gasteiger partial charge in [0.1, 0.15) is 0 Å². The van der Waals surface area contributed by atoms with E-state index in [0.29, 0.717) is 0 Å². The van der Waals surface area contributed by atoms with Crippen LogP contribution in [0.1, 0.15) is 5.56 Å². The first-order valence-corrected chi connectivity index (χ1v) is 7.01. The number of hydrogen-bond acceptors (Lipinski definition) is 2. The third kappa shape index (κ3) is 2.63. The molecule has 0 unspecified atom stereocenters. The van der Waals surface area contributed by atoms with Crippen LogP contribution in [0.25, 0.3) is 10.9 Å². The van der Waals surface area contributed by atoms with Gasteiger partial charge in [-0.1, -0.05) is 11.6 Å². The molecule has 0 aliphatic heterocycles. The van der Waals surface area contributed by atoms with Gasteiger partial charge in [0.15, 0.2) is 0 Å². The summed E-state index contributed by atoms with van der Waals surface area (Å²) in [7, 11) is 0. The van der Waals surface area contributed by atoms with Gasteiger partial charge in [-0.05, 0) is 42.8 Å². The number of hydrogen-bond donors (Lipinski definition) is 1. The summed E-state index contributed by atoms with van der Waals surface area (Å²) in [5, 5.41) is 5.40. The highest BCUT2D eigenvalue weighted by Gasteiger charge is 2.02. The van der Waals surface area contributed by atoms with E-state index in [9.17, 15) is 0 Å². The van der Waals surface area contributed by atoms with Crippen LogP contribution in [0.2, 0.25) is 5.02 Å². The van der Waals surface area contributed by atoms with Gasteiger partial charge in [-0.25, -0.2) is 0 Å². The minimum Gasteiger partial charge on any atom is -0.383 e. The maximum absolute atomic E-state index is 6.00. The Morgan fingerprint density at radius 2 is 2.15 bits per heavy atom. The molecule has 0 saturated carbocycles. The molecule has 2 heterocycles. The first-order valence-electron chi connectivity index (χ1n) is 6.63. The topological polar surface area (TPSA) is 29.9 Å². The molecule has 1 N–H and O–H groups in total. The standard InChI is InChI=1S/C16H16ClN3/c1-12-11-18-6-4-15(12)19-7-9-20-8-5-13-10-14(17)2-3-16(13)20/h2-6,8,10-11H,7,9H2,1H3,(H,18,19). The maximum atomic E-state index is 6.00. The van der Waals surface area contributed by atoms with Gasteiger partial charge in [-0.2, -0.15) is 0 Å². The predicted molar refractivity (Wildman–Crippen MR) is 84.4 cm³/mol. The number of halogens is 1. The Kier molecular flexibility index (Phi) is 3.61. The van der Waals surface area contributed by atoms with E-state index in [0.717, 1.165) is 29.4 Å². The average Bonchev–Trinajstić information content (AvgIpc) is 2.83. The lowest BCUT2D eigenvalue weighted by atomic mass is 10.2. The van der Waals surface area contributed by atoms with Crippen LogP contribution in [0, 0.1) is 6.92 Å². The second-order valence-electron chi connectivity index (χ2n) is 4.83. The third-order valence-electron chi connectivity index (χ3n) is 3.42. The van der Waals surface area contributed by atoms with E-state index in [2.05, 4.69) is 40.1 Å². The number of nitrogens with zero attached hydrogens (tertiary/aromatic N) is 2. The van der Waals surface area contributed by atoms with Crippen molar-refractivity contribution in [3.8, 4) is 0 Å². The van der Waals surface area contributed by atoms with Gasteiger partial charge in [0.2, 0.25) is 0 Å². The molecule has 0 aliphatic carbocycles. The second-order valence-corrected chi connectivity index (χ2v) is 5.27. The Balaban J connectivity index is 1.70. The number of aromatic nitrogens is 2. The smallest absolute Gasteiger partial charge is 0.0481 e. The highest BCUT2D eigenvalue weighted by atomic mass is 35.5. The van der Waals surface area contributed by atoms with E-state index in [-0.39, 0.29) is 0 Å². The van der Waals surface area contributed by atoms with Crippen LogP contribution in [0.4, 0.5) is 5.69 Å². The van der Waals surface area contributed by atoms with Crippen LogP contribution < -0.4 is 5.32 Å². The summed E-state index contributed by atoms with van der Waals surface area (Å²) in [5.41, 5.74) is 3.51. The van der Waals surface area contributed by atoms with E-state index in [1.165, 1.54) is 10.9 Å². The Morgan fingerprint density at radius 3 is 3.00 bits per heavy atom. The molecule has 102 valence electrons. The van der Waals surface area contributed by atoms with Crippen molar-refractivity contribution in [2.45, 2.75) is 13.5 Å². The normalized spacial score (nSPS) is 10.9. The SMILES string of the molecule is Cc1cnccc1NCCn1ccc2cc(Cl)ccc21. The molecule has 3 nitrogen and oxygen atoms in total. The molecule has 20 heavy (non-hydrogen) atoms. The van der Waals surface area contributed by atoms with Crippen LogP contribution in [0.15, 0.2) is 48.9 Å². The van der Waals surface area contributed by atoms with Gasteiger partial charge in [-0.15, -0.1) is 0 Å². The second kappa shape index (κ2) is 5.55. The average molecular weight is 286 g/mol. The summed E-state index contributed by atoms with van der Waals surface area (Å²) in [6.07, 6.45) is 5.78. The molecule has 0 radical (unpaired) electrons. The van der Waals surface area contributed by atoms with Crippen LogP contribution >= 0.6 is 11.6 Å². The minimum atomic E-state index is 0.779. The van der Waals surface area contributed by atoms with Crippen LogP contribution in [0.5, 0.6) is 0 Å². The summed E-state index contributed by atoms with van der Waals surface area (Å²) in [6.45, 7) is 3.84. The number of rotatable bonds is 4. The van der Waals surface area contributed by atoms with Gasteiger partial charge in [0, 0.05) is 53.3 Å². The summed E-state index contributed by atoms with van der Waals surface area (Å²) in [6, 6.07) is 10.1. The first kappa shape index (κ1) is 13.0. The molecule has 1 aromatic carbocycles. The highest BCUT2D eigenvalue weighted by molar-refractivity contribution is 6.31. The summed E-state index contributed by atoms with van der Waals surface area (Å²) in [4.78, 5) is 4.09. The lowest BCUT2D eigenvalue weighted by Gasteiger charge is -2.10. The number of benzene rings is 1. The molecule has 0 fully saturated rings. The molecule has 3 rings (SSSR count). The van der Waals surface area contributed by atoms with Gasteiger partial charge in [-0.3, -0.25) is 4.98 Å². The summed E-state index contributed by atoms with van der Waals surface area (Å²) < 4.78 is 2.23. The molecular formula is C16H16ClN3. The van der Waals surface area contributed by atoms with E-state index in [4.69, 9.17) is 11.6 Å². The zero-order chi connectivity index (χ0) is 13.9. The van der Waals surface area contributed by atoms with E-state index < -0.39 is 0 Å². The highest BCUT2D eigenvalue weighted by Crippen LogP contribution is 2.20. The van der Waals surface area contributed by atoms with E-state index in [1.807, 2.05) is 30.6 Å². The van der Waals surface area contributed by atoms with Crippen molar-refractivity contribution in [3.05, 3.63) is 59.5 Å². The first-order chi connectivity index (χ1) is 9.74. The van der Waals surface area contributed by atoms with Gasteiger partial charge >= 0.3 is 0 Å². The quantitative estimate of drug-likeness (QED) is 0.782. The summed E-state index contributed by atoms with van der Waals surface area (Å²) >= 11 is 6.00. The molecule has 4 heteroatoms. The van der Waals surface area contributed by atoms with Crippen LogP contribution in [-0.2, 0) is 6.54 Å². The van der Waals surface area contributed by atoms with Crippen LogP contribution in [0.3, 0.4) is 0 Å². The molecule has 0 spiro atoms. The third-order valence-corrected chi connectivity index (χ3v) is 3.66. The molecular weight excluding hydrogens is 270 g/mol. The van der Waals surface area contributed by atoms with Crippen molar-refractivity contribution in [2.24, 2.45) is 0 Å². The van der Waals surface area contributed by atoms with Crippen molar-refractivity contribution >= 4 is 28.2 Å². The van der Waals surface area contributed by atoms with Crippen molar-refractivity contribution in [1.29, 1.82) is 0 Å². The Morgan fingerprint density at radius 1 is 1.25 bits per heavy atom. The number of aryl methyl sites for hydroxylation is 1. The fraction of sp³-hybridized carbons (Fsp3) is 0.188. The molecule has 2 aromatic heterocycles. The number of pyridine rings is 1. The number of fused-ring (bicyclic) bond motifs is 1. The van der Waals surface area contributed by atoms with E-state index >= 15 is 0 Å². The lowest BCUT2D eigenvalue weighted by molar-refractivity contribution is 0.757. The zero-order valence-corrected chi connectivity index (χ0v) is 12.1. The monoisotopic (exact) mass is 285 g/mol. The van der Waals surface area contributed by atoms with Gasteiger partial charge in [0.25, 0.3) is 0 Å². The van der Waals surface area contributed by atoms with Gasteiger partial charge < -0.3 is 9.88 Å². The van der Waals surface area contributed by atoms with Crippen molar-refractivity contribution in [3.63, 3.8) is 0 Å². The fourth-order valence-corrected chi connectivity index (χ4v) is 2.53. The Bertz CT molecular complexity index is 733. The Hall–Kier alpha value is -2.00. The minimum absolute atomic E-state index is 0.779. The van der Waals surface area contributed by atoms with E-state index in [1.54, 1.807) is 0 Å². The molecule has 0 aliphatic rings. The number of anilines is 1. The molecule has 3 aromatic rings. The fourth-order valence-electron chi connectivity index (χ4n) is 2.35. The van der Waals surface area contributed by atoms with Crippen molar-refractivity contribution < 1.29 is 0 Å². The molecule has 0 saturated heterocycles. The largest absolute Gasteiger partial charge is 0.383 e. The number of nitrogens with one attached hydrogen (secondary N) is 1. The lowest BCUT2D eigenvalue weighted by Crippen LogP contribution is -2.10. The molecule has 0 atom stereocenters. The van der Waals surface area contributed by atoms with Gasteiger partial charge in [0.05, 0.1) is 0 Å². The van der Waals surface area contributed by atoms with Crippen LogP contribution in [-0.4, -0.2) is 16.1 Å². The maximum Gasteiger partial charge on any atom is 0.0481 e. The van der Waals surface area contributed by atoms with Crippen molar-refractivity contribution in [2.75, 3.05) is 11.9 Å². The Labute approximate surface area is 123 Å². The predicted octanol–water partition coefficient (Wildman–Crippen LogP) is 4.11.